The van der Waals surface area contributed by atoms with Gasteiger partial charge in [-0.05, 0) is 38.7 Å². The number of piperidine rings is 1. The van der Waals surface area contributed by atoms with E-state index in [2.05, 4.69) is 5.32 Å². The second kappa shape index (κ2) is 8.71. The Morgan fingerprint density at radius 1 is 1.19 bits per heavy atom. The van der Waals surface area contributed by atoms with Gasteiger partial charge in [-0.15, -0.1) is 0 Å². The fraction of sp³-hybridized carbons (Fsp3) is 0.650. The number of carbonyl (C=O) groups is 1. The van der Waals surface area contributed by atoms with Crippen molar-refractivity contribution in [2.45, 2.75) is 63.4 Å². The molecule has 0 aliphatic carbocycles. The summed E-state index contributed by atoms with van der Waals surface area (Å²) in [5.74, 6) is -0.00908. The van der Waals surface area contributed by atoms with Gasteiger partial charge >= 0.3 is 0 Å². The first-order valence-corrected chi connectivity index (χ1v) is 11.5. The molecule has 6 nitrogen and oxygen atoms in total. The molecular formula is C20H31N3O3S. The Kier molecular flexibility index (Phi) is 6.55. The summed E-state index contributed by atoms with van der Waals surface area (Å²) in [5.41, 5.74) is 1.08. The van der Waals surface area contributed by atoms with E-state index in [-0.39, 0.29) is 11.9 Å². The highest BCUT2D eigenvalue weighted by molar-refractivity contribution is 7.89. The van der Waals surface area contributed by atoms with E-state index in [1.807, 2.05) is 49.1 Å². The molecule has 0 bridgehead atoms. The summed E-state index contributed by atoms with van der Waals surface area (Å²) in [6, 6.07) is 9.53. The molecule has 3 rings (SSSR count). The number of sulfonamides is 1. The smallest absolute Gasteiger partial charge is 0.240 e. The van der Waals surface area contributed by atoms with Crippen LogP contribution >= 0.6 is 0 Å². The van der Waals surface area contributed by atoms with E-state index in [0.29, 0.717) is 32.6 Å². The summed E-state index contributed by atoms with van der Waals surface area (Å²) >= 11 is 0. The maximum Gasteiger partial charge on any atom is 0.240 e. The molecule has 2 unspecified atom stereocenters. The van der Waals surface area contributed by atoms with E-state index in [1.165, 1.54) is 0 Å². The van der Waals surface area contributed by atoms with Crippen molar-refractivity contribution in [1.29, 1.82) is 0 Å². The zero-order valence-corrected chi connectivity index (χ0v) is 17.1. The summed E-state index contributed by atoms with van der Waals surface area (Å²) in [4.78, 5) is 14.9. The summed E-state index contributed by atoms with van der Waals surface area (Å²) in [6.45, 7) is 6.12. The molecule has 2 saturated heterocycles. The Morgan fingerprint density at radius 3 is 2.48 bits per heavy atom. The summed E-state index contributed by atoms with van der Waals surface area (Å²) in [7, 11) is -3.33. The summed E-state index contributed by atoms with van der Waals surface area (Å²) in [5, 5.41) is 2.67. The van der Waals surface area contributed by atoms with Crippen molar-refractivity contribution in [3.05, 3.63) is 35.9 Å². The van der Waals surface area contributed by atoms with Crippen LogP contribution in [0.25, 0.3) is 0 Å². The summed E-state index contributed by atoms with van der Waals surface area (Å²) < 4.78 is 27.4. The predicted octanol–water partition coefficient (Wildman–Crippen LogP) is 1.97. The second-order valence-electron chi connectivity index (χ2n) is 7.87. The van der Waals surface area contributed by atoms with Gasteiger partial charge in [0.1, 0.15) is 0 Å². The fourth-order valence-electron chi connectivity index (χ4n) is 3.94. The van der Waals surface area contributed by atoms with Crippen LogP contribution in [0.1, 0.15) is 45.1 Å². The van der Waals surface area contributed by atoms with Gasteiger partial charge < -0.3 is 10.2 Å². The highest BCUT2D eigenvalue weighted by Crippen LogP contribution is 2.24. The number of hydrogen-bond donors (Lipinski definition) is 1. The molecule has 2 atom stereocenters. The lowest BCUT2D eigenvalue weighted by Crippen LogP contribution is -2.46. The first-order chi connectivity index (χ1) is 12.9. The van der Waals surface area contributed by atoms with Gasteiger partial charge in [0.25, 0.3) is 0 Å². The minimum Gasteiger partial charge on any atom is -0.335 e. The Balaban J connectivity index is 1.66. The van der Waals surface area contributed by atoms with Crippen molar-refractivity contribution in [2.24, 2.45) is 0 Å². The van der Waals surface area contributed by atoms with Crippen molar-refractivity contribution in [3.8, 4) is 0 Å². The quantitative estimate of drug-likeness (QED) is 0.802. The molecule has 1 N–H and O–H groups in total. The Morgan fingerprint density at radius 2 is 1.85 bits per heavy atom. The van der Waals surface area contributed by atoms with E-state index in [4.69, 9.17) is 0 Å². The van der Waals surface area contributed by atoms with E-state index >= 15 is 0 Å². The minimum atomic E-state index is -3.33. The number of benzene rings is 1. The number of amides is 1. The van der Waals surface area contributed by atoms with Gasteiger partial charge in [0, 0.05) is 32.2 Å². The van der Waals surface area contributed by atoms with Crippen LogP contribution in [0.4, 0.5) is 0 Å². The SMILES string of the molecule is CC(C)N(Cc1ccccc1)C(=O)C1CC(S(=O)(=O)N2CCCCC2)CN1. The van der Waals surface area contributed by atoms with Crippen LogP contribution in [0, 0.1) is 0 Å². The summed E-state index contributed by atoms with van der Waals surface area (Å²) in [6.07, 6.45) is 3.31. The molecule has 2 fully saturated rings. The lowest BCUT2D eigenvalue weighted by molar-refractivity contribution is -0.135. The molecule has 150 valence electrons. The molecule has 2 heterocycles. The average Bonchev–Trinajstić information content (AvgIpc) is 3.18. The van der Waals surface area contributed by atoms with Crippen LogP contribution in [0.5, 0.6) is 0 Å². The molecule has 0 aromatic heterocycles. The zero-order chi connectivity index (χ0) is 19.4. The Labute approximate surface area is 163 Å². The van der Waals surface area contributed by atoms with Crippen LogP contribution in [-0.2, 0) is 21.4 Å². The molecule has 0 radical (unpaired) electrons. The number of carbonyl (C=O) groups excluding carboxylic acids is 1. The molecule has 0 spiro atoms. The highest BCUT2D eigenvalue weighted by Gasteiger charge is 2.41. The lowest BCUT2D eigenvalue weighted by atomic mass is 10.1. The third-order valence-corrected chi connectivity index (χ3v) is 7.87. The van der Waals surface area contributed by atoms with Crippen molar-refractivity contribution >= 4 is 15.9 Å². The zero-order valence-electron chi connectivity index (χ0n) is 16.3. The van der Waals surface area contributed by atoms with E-state index < -0.39 is 21.3 Å². The van der Waals surface area contributed by atoms with Gasteiger partial charge in [-0.3, -0.25) is 4.79 Å². The van der Waals surface area contributed by atoms with Crippen LogP contribution in [0.15, 0.2) is 30.3 Å². The van der Waals surface area contributed by atoms with Gasteiger partial charge in [0.15, 0.2) is 0 Å². The highest BCUT2D eigenvalue weighted by atomic mass is 32.2. The largest absolute Gasteiger partial charge is 0.335 e. The number of rotatable bonds is 6. The number of hydrogen-bond acceptors (Lipinski definition) is 4. The number of nitrogens with one attached hydrogen (secondary N) is 1. The van der Waals surface area contributed by atoms with Crippen LogP contribution in [0.3, 0.4) is 0 Å². The van der Waals surface area contributed by atoms with Crippen molar-refractivity contribution in [1.82, 2.24) is 14.5 Å². The molecule has 1 aromatic rings. The van der Waals surface area contributed by atoms with Gasteiger partial charge in [0.2, 0.25) is 15.9 Å². The normalized spacial score (nSPS) is 24.3. The van der Waals surface area contributed by atoms with Crippen molar-refractivity contribution in [3.63, 3.8) is 0 Å². The third kappa shape index (κ3) is 4.70. The molecule has 27 heavy (non-hydrogen) atoms. The fourth-order valence-corrected chi connectivity index (χ4v) is 5.88. The van der Waals surface area contributed by atoms with E-state index in [0.717, 1.165) is 24.8 Å². The maximum atomic E-state index is 13.1. The first kappa shape index (κ1) is 20.3. The lowest BCUT2D eigenvalue weighted by Gasteiger charge is -2.30. The molecule has 2 aliphatic heterocycles. The van der Waals surface area contributed by atoms with Crippen LogP contribution in [0.2, 0.25) is 0 Å². The molecule has 7 heteroatoms. The van der Waals surface area contributed by atoms with Gasteiger partial charge in [0.05, 0.1) is 11.3 Å². The van der Waals surface area contributed by atoms with E-state index in [1.54, 1.807) is 4.31 Å². The predicted molar refractivity (Wildman–Crippen MR) is 107 cm³/mol. The van der Waals surface area contributed by atoms with E-state index in [9.17, 15) is 13.2 Å². The maximum absolute atomic E-state index is 13.1. The van der Waals surface area contributed by atoms with Gasteiger partial charge in [-0.2, -0.15) is 0 Å². The van der Waals surface area contributed by atoms with Crippen LogP contribution in [-0.4, -0.2) is 60.5 Å². The first-order valence-electron chi connectivity index (χ1n) is 9.96. The third-order valence-electron chi connectivity index (χ3n) is 5.59. The topological polar surface area (TPSA) is 69.7 Å². The van der Waals surface area contributed by atoms with Crippen molar-refractivity contribution in [2.75, 3.05) is 19.6 Å². The molecule has 1 aromatic carbocycles. The van der Waals surface area contributed by atoms with Crippen LogP contribution < -0.4 is 5.32 Å². The second-order valence-corrected chi connectivity index (χ2v) is 10.1. The standard InChI is InChI=1S/C20H31N3O3S/c1-16(2)23(15-17-9-5-3-6-10-17)20(24)19-13-18(14-21-19)27(25,26)22-11-7-4-8-12-22/h3,5-6,9-10,16,18-19,21H,4,7-8,11-15H2,1-2H3. The van der Waals surface area contributed by atoms with Gasteiger partial charge in [-0.1, -0.05) is 36.8 Å². The minimum absolute atomic E-state index is 0.00908. The van der Waals surface area contributed by atoms with Crippen molar-refractivity contribution < 1.29 is 13.2 Å². The molecular weight excluding hydrogens is 362 g/mol. The van der Waals surface area contributed by atoms with Gasteiger partial charge in [-0.25, -0.2) is 12.7 Å². The Bertz CT molecular complexity index is 730. The molecule has 1 amide bonds. The Hall–Kier alpha value is -1.44. The monoisotopic (exact) mass is 393 g/mol. The number of nitrogens with zero attached hydrogens (tertiary/aromatic N) is 2. The molecule has 2 aliphatic rings. The average molecular weight is 394 g/mol. The molecule has 0 saturated carbocycles.